The fourth-order valence-corrected chi connectivity index (χ4v) is 2.48. The molecular formula is C13H16N4OS. The smallest absolute Gasteiger partial charge is 0.251 e. The fourth-order valence-electron chi connectivity index (χ4n) is 1.70. The number of nitrogens with two attached hydrogens (primary N) is 1. The lowest BCUT2D eigenvalue weighted by molar-refractivity contribution is 0.0935. The molecule has 0 aliphatic heterocycles. The van der Waals surface area contributed by atoms with Crippen LogP contribution in [-0.2, 0) is 0 Å². The standard InChI is InChI=1S/C13H16N4OS/c1-2-11(13-15-7-8-19-13)16-12(18)9-3-5-10(17-14)6-4-9/h3-8,11,17H,2,14H2,1H3,(H,16,18). The molecule has 0 bridgehead atoms. The second kappa shape index (κ2) is 6.31. The van der Waals surface area contributed by atoms with Crippen LogP contribution in [0.5, 0.6) is 0 Å². The minimum Gasteiger partial charge on any atom is -0.343 e. The molecule has 0 fully saturated rings. The van der Waals surface area contributed by atoms with Gasteiger partial charge in [-0.2, -0.15) is 0 Å². The average molecular weight is 276 g/mol. The van der Waals surface area contributed by atoms with Gasteiger partial charge in [0.2, 0.25) is 0 Å². The summed E-state index contributed by atoms with van der Waals surface area (Å²) in [6, 6.07) is 6.95. The van der Waals surface area contributed by atoms with Gasteiger partial charge >= 0.3 is 0 Å². The van der Waals surface area contributed by atoms with Crippen LogP contribution < -0.4 is 16.6 Å². The highest BCUT2D eigenvalue weighted by molar-refractivity contribution is 7.09. The third kappa shape index (κ3) is 3.30. The number of nitrogens with zero attached hydrogens (tertiary/aromatic N) is 1. The number of aromatic nitrogens is 1. The van der Waals surface area contributed by atoms with Crippen LogP contribution in [0.15, 0.2) is 35.8 Å². The first-order valence-corrected chi connectivity index (χ1v) is 6.89. The lowest BCUT2D eigenvalue weighted by atomic mass is 10.1. The van der Waals surface area contributed by atoms with Crippen LogP contribution in [0, 0.1) is 0 Å². The summed E-state index contributed by atoms with van der Waals surface area (Å²) in [7, 11) is 0. The Morgan fingerprint density at radius 1 is 1.42 bits per heavy atom. The molecule has 19 heavy (non-hydrogen) atoms. The molecular weight excluding hydrogens is 260 g/mol. The van der Waals surface area contributed by atoms with Crippen LogP contribution in [0.2, 0.25) is 0 Å². The number of thiazole rings is 1. The van der Waals surface area contributed by atoms with Crippen LogP contribution in [0.25, 0.3) is 0 Å². The van der Waals surface area contributed by atoms with E-state index < -0.39 is 0 Å². The monoisotopic (exact) mass is 276 g/mol. The summed E-state index contributed by atoms with van der Waals surface area (Å²) in [5, 5.41) is 5.82. The Kier molecular flexibility index (Phi) is 4.48. The molecule has 2 aromatic rings. The van der Waals surface area contributed by atoms with Gasteiger partial charge in [-0.15, -0.1) is 11.3 Å². The first-order valence-electron chi connectivity index (χ1n) is 6.01. The van der Waals surface area contributed by atoms with Crippen LogP contribution in [-0.4, -0.2) is 10.9 Å². The SMILES string of the molecule is CCC(NC(=O)c1ccc(NN)cc1)c1nccs1. The van der Waals surface area contributed by atoms with Gasteiger partial charge in [0.15, 0.2) is 0 Å². The quantitative estimate of drug-likeness (QED) is 0.578. The second-order valence-corrected chi connectivity index (χ2v) is 4.95. The van der Waals surface area contributed by atoms with Crippen molar-refractivity contribution in [2.45, 2.75) is 19.4 Å². The Labute approximate surface area is 115 Å². The van der Waals surface area contributed by atoms with E-state index in [1.54, 1.807) is 41.8 Å². The van der Waals surface area contributed by atoms with E-state index in [0.717, 1.165) is 17.1 Å². The van der Waals surface area contributed by atoms with Gasteiger partial charge in [0.1, 0.15) is 5.01 Å². The predicted octanol–water partition coefficient (Wildman–Crippen LogP) is 2.31. The van der Waals surface area contributed by atoms with Crippen molar-refractivity contribution in [3.8, 4) is 0 Å². The number of nitrogens with one attached hydrogen (secondary N) is 2. The Morgan fingerprint density at radius 2 is 2.16 bits per heavy atom. The highest BCUT2D eigenvalue weighted by Crippen LogP contribution is 2.19. The van der Waals surface area contributed by atoms with E-state index in [9.17, 15) is 4.79 Å². The largest absolute Gasteiger partial charge is 0.343 e. The third-order valence-electron chi connectivity index (χ3n) is 2.78. The lowest BCUT2D eigenvalue weighted by Crippen LogP contribution is -2.28. The molecule has 4 N–H and O–H groups in total. The maximum atomic E-state index is 12.1. The number of carbonyl (C=O) groups is 1. The molecule has 1 heterocycles. The maximum absolute atomic E-state index is 12.1. The molecule has 0 spiro atoms. The molecule has 1 aromatic carbocycles. The van der Waals surface area contributed by atoms with E-state index in [2.05, 4.69) is 15.7 Å². The molecule has 0 saturated heterocycles. The number of hydrogen-bond donors (Lipinski definition) is 3. The minimum atomic E-state index is -0.106. The van der Waals surface area contributed by atoms with Crippen LogP contribution in [0.4, 0.5) is 5.69 Å². The van der Waals surface area contributed by atoms with Crippen molar-refractivity contribution in [2.75, 3.05) is 5.43 Å². The number of amides is 1. The fraction of sp³-hybridized carbons (Fsp3) is 0.231. The molecule has 0 radical (unpaired) electrons. The molecule has 0 aliphatic rings. The Balaban J connectivity index is 2.06. The number of hydrogen-bond acceptors (Lipinski definition) is 5. The Morgan fingerprint density at radius 3 is 2.68 bits per heavy atom. The number of hydrazine groups is 1. The van der Waals surface area contributed by atoms with Crippen molar-refractivity contribution in [3.63, 3.8) is 0 Å². The van der Waals surface area contributed by atoms with Crippen LogP contribution >= 0.6 is 11.3 Å². The van der Waals surface area contributed by atoms with Crippen LogP contribution in [0.1, 0.15) is 34.8 Å². The van der Waals surface area contributed by atoms with Crippen molar-refractivity contribution in [3.05, 3.63) is 46.4 Å². The zero-order valence-corrected chi connectivity index (χ0v) is 11.4. The molecule has 1 aromatic heterocycles. The first kappa shape index (κ1) is 13.5. The van der Waals surface area contributed by atoms with Gasteiger partial charge < -0.3 is 10.7 Å². The Hall–Kier alpha value is -1.92. The van der Waals surface area contributed by atoms with Crippen molar-refractivity contribution < 1.29 is 4.79 Å². The van der Waals surface area contributed by atoms with E-state index >= 15 is 0 Å². The van der Waals surface area contributed by atoms with E-state index in [4.69, 9.17) is 5.84 Å². The first-order chi connectivity index (χ1) is 9.24. The van der Waals surface area contributed by atoms with Gasteiger partial charge in [-0.3, -0.25) is 10.6 Å². The summed E-state index contributed by atoms with van der Waals surface area (Å²) in [5.74, 6) is 5.18. The number of carbonyl (C=O) groups excluding carboxylic acids is 1. The summed E-state index contributed by atoms with van der Waals surface area (Å²) in [6.07, 6.45) is 2.55. The predicted molar refractivity (Wildman–Crippen MR) is 76.9 cm³/mol. The topological polar surface area (TPSA) is 80.0 Å². The molecule has 0 aliphatic carbocycles. The van der Waals surface area contributed by atoms with Gasteiger partial charge in [-0.25, -0.2) is 4.98 Å². The van der Waals surface area contributed by atoms with Gasteiger partial charge in [0.25, 0.3) is 5.91 Å². The van der Waals surface area contributed by atoms with Crippen molar-refractivity contribution in [2.24, 2.45) is 5.84 Å². The average Bonchev–Trinajstić information content (AvgIpc) is 2.98. The molecule has 5 nitrogen and oxygen atoms in total. The van der Waals surface area contributed by atoms with Crippen LogP contribution in [0.3, 0.4) is 0 Å². The highest BCUT2D eigenvalue weighted by atomic mass is 32.1. The molecule has 0 saturated carbocycles. The van der Waals surface area contributed by atoms with Gasteiger partial charge in [-0.05, 0) is 30.7 Å². The number of benzene rings is 1. The van der Waals surface area contributed by atoms with Gasteiger partial charge in [-0.1, -0.05) is 6.92 Å². The highest BCUT2D eigenvalue weighted by Gasteiger charge is 2.15. The van der Waals surface area contributed by atoms with Crippen molar-refractivity contribution >= 4 is 22.9 Å². The number of rotatable bonds is 5. The van der Waals surface area contributed by atoms with Crippen molar-refractivity contribution in [1.29, 1.82) is 0 Å². The maximum Gasteiger partial charge on any atom is 0.251 e. The Bertz CT molecular complexity index is 524. The molecule has 100 valence electrons. The van der Waals surface area contributed by atoms with Gasteiger partial charge in [0.05, 0.1) is 6.04 Å². The van der Waals surface area contributed by atoms with Gasteiger partial charge in [0, 0.05) is 22.8 Å². The summed E-state index contributed by atoms with van der Waals surface area (Å²) in [5.41, 5.74) is 3.90. The molecule has 2 rings (SSSR count). The van der Waals surface area contributed by atoms with E-state index in [1.165, 1.54) is 0 Å². The molecule has 6 heteroatoms. The zero-order valence-electron chi connectivity index (χ0n) is 10.6. The third-order valence-corrected chi connectivity index (χ3v) is 3.67. The van der Waals surface area contributed by atoms with Crippen molar-refractivity contribution in [1.82, 2.24) is 10.3 Å². The molecule has 1 atom stereocenters. The normalized spacial score (nSPS) is 11.9. The lowest BCUT2D eigenvalue weighted by Gasteiger charge is -2.14. The number of nitrogen functional groups attached to an aromatic ring is 1. The minimum absolute atomic E-state index is 0.0418. The summed E-state index contributed by atoms with van der Waals surface area (Å²) in [4.78, 5) is 16.4. The van der Waals surface area contributed by atoms with E-state index in [-0.39, 0.29) is 11.9 Å². The molecule has 1 unspecified atom stereocenters. The van der Waals surface area contributed by atoms with E-state index in [0.29, 0.717) is 5.56 Å². The van der Waals surface area contributed by atoms with E-state index in [1.807, 2.05) is 12.3 Å². The number of anilines is 1. The summed E-state index contributed by atoms with van der Waals surface area (Å²) >= 11 is 1.55. The second-order valence-electron chi connectivity index (χ2n) is 4.03. The summed E-state index contributed by atoms with van der Waals surface area (Å²) < 4.78 is 0. The molecule has 1 amide bonds. The summed E-state index contributed by atoms with van der Waals surface area (Å²) in [6.45, 7) is 2.02. The zero-order chi connectivity index (χ0) is 13.7.